The van der Waals surface area contributed by atoms with Gasteiger partial charge in [-0.25, -0.2) is 4.98 Å². The van der Waals surface area contributed by atoms with Crippen LogP contribution >= 0.6 is 11.6 Å². The summed E-state index contributed by atoms with van der Waals surface area (Å²) in [5.41, 5.74) is 5.18. The second-order valence-corrected chi connectivity index (χ2v) is 9.43. The molecule has 0 saturated carbocycles. The maximum absolute atomic E-state index is 6.84. The second-order valence-electron chi connectivity index (χ2n) is 9.05. The molecule has 2 aromatic carbocycles. The third-order valence-electron chi connectivity index (χ3n) is 6.63. The first-order valence-corrected chi connectivity index (χ1v) is 12.6. The van der Waals surface area contributed by atoms with Gasteiger partial charge in [-0.15, -0.1) is 0 Å². The number of nitrogens with zero attached hydrogens (tertiary/aromatic N) is 6. The number of fused-ring (bicyclic) bond motifs is 1. The quantitative estimate of drug-likeness (QED) is 0.304. The summed E-state index contributed by atoms with van der Waals surface area (Å²) in [5, 5.41) is 4.82. The number of ether oxygens (including phenoxy) is 2. The maximum atomic E-state index is 6.84. The van der Waals surface area contributed by atoms with E-state index in [1.54, 1.807) is 37.4 Å². The molecule has 0 N–H and O–H groups in total. The molecular formula is C27H31ClN6O2. The predicted molar refractivity (Wildman–Crippen MR) is 144 cm³/mol. The summed E-state index contributed by atoms with van der Waals surface area (Å²) in [6.07, 6.45) is 9.09. The van der Waals surface area contributed by atoms with Gasteiger partial charge in [-0.1, -0.05) is 11.6 Å². The van der Waals surface area contributed by atoms with Crippen molar-refractivity contribution in [3.05, 3.63) is 53.9 Å². The van der Waals surface area contributed by atoms with Gasteiger partial charge in [-0.2, -0.15) is 5.10 Å². The molecule has 0 spiro atoms. The van der Waals surface area contributed by atoms with Crippen LogP contribution < -0.4 is 14.4 Å². The van der Waals surface area contributed by atoms with Crippen LogP contribution in [0, 0.1) is 0 Å². The van der Waals surface area contributed by atoms with Crippen LogP contribution in [0.25, 0.3) is 22.3 Å². The Balaban J connectivity index is 1.54. The van der Waals surface area contributed by atoms with Crippen molar-refractivity contribution in [1.82, 2.24) is 24.6 Å². The number of aromatic nitrogens is 4. The fraction of sp³-hybridized carbons (Fsp3) is 0.370. The van der Waals surface area contributed by atoms with E-state index in [9.17, 15) is 0 Å². The molecule has 0 bridgehead atoms. The highest BCUT2D eigenvalue weighted by Gasteiger charge is 2.20. The van der Waals surface area contributed by atoms with Gasteiger partial charge < -0.3 is 19.3 Å². The van der Waals surface area contributed by atoms with Gasteiger partial charge in [0.15, 0.2) is 0 Å². The molecule has 1 aliphatic rings. The van der Waals surface area contributed by atoms with Crippen LogP contribution in [-0.4, -0.2) is 65.0 Å². The van der Waals surface area contributed by atoms with Crippen LogP contribution in [0.4, 0.5) is 11.4 Å². The van der Waals surface area contributed by atoms with Gasteiger partial charge in [0.1, 0.15) is 16.5 Å². The van der Waals surface area contributed by atoms with Crippen LogP contribution in [0.5, 0.6) is 11.5 Å². The van der Waals surface area contributed by atoms with Crippen molar-refractivity contribution in [2.75, 3.05) is 45.3 Å². The van der Waals surface area contributed by atoms with Gasteiger partial charge in [0.2, 0.25) is 0 Å². The van der Waals surface area contributed by atoms with E-state index in [1.807, 2.05) is 25.4 Å². The van der Waals surface area contributed by atoms with E-state index in [0.29, 0.717) is 16.5 Å². The van der Waals surface area contributed by atoms with Crippen LogP contribution in [-0.2, 0) is 7.05 Å². The van der Waals surface area contributed by atoms with Crippen LogP contribution in [0.2, 0.25) is 5.02 Å². The minimum Gasteiger partial charge on any atom is -0.497 e. The molecule has 9 heteroatoms. The van der Waals surface area contributed by atoms with E-state index in [-0.39, 0.29) is 0 Å². The molecule has 1 aliphatic heterocycles. The second kappa shape index (κ2) is 10.7. The summed E-state index contributed by atoms with van der Waals surface area (Å²) >= 11 is 6.84. The highest BCUT2D eigenvalue weighted by molar-refractivity contribution is 6.35. The Morgan fingerprint density at radius 2 is 1.86 bits per heavy atom. The maximum Gasteiger partial charge on any atom is 0.143 e. The van der Waals surface area contributed by atoms with Gasteiger partial charge in [0, 0.05) is 43.2 Å². The summed E-state index contributed by atoms with van der Waals surface area (Å²) in [5.74, 6) is 1.27. The smallest absolute Gasteiger partial charge is 0.143 e. The number of likely N-dealkylation sites (tertiary alicyclic amines) is 1. The Morgan fingerprint density at radius 1 is 1.03 bits per heavy atom. The lowest BCUT2D eigenvalue weighted by Gasteiger charge is -2.28. The normalized spacial score (nSPS) is 13.9. The molecule has 2 aromatic heterocycles. The number of benzene rings is 2. The van der Waals surface area contributed by atoms with Crippen molar-refractivity contribution in [3.8, 4) is 22.8 Å². The van der Waals surface area contributed by atoms with Crippen molar-refractivity contribution >= 4 is 34.0 Å². The van der Waals surface area contributed by atoms with E-state index in [0.717, 1.165) is 53.2 Å². The van der Waals surface area contributed by atoms with Crippen LogP contribution in [0.1, 0.15) is 19.3 Å². The summed E-state index contributed by atoms with van der Waals surface area (Å²) < 4.78 is 12.9. The molecule has 0 atom stereocenters. The largest absolute Gasteiger partial charge is 0.497 e. The predicted octanol–water partition coefficient (Wildman–Crippen LogP) is 5.32. The number of methoxy groups -OCH3 is 2. The van der Waals surface area contributed by atoms with Gasteiger partial charge in [0.05, 0.1) is 49.0 Å². The first-order chi connectivity index (χ1) is 17.6. The van der Waals surface area contributed by atoms with E-state index in [2.05, 4.69) is 32.0 Å². The molecule has 188 valence electrons. The summed E-state index contributed by atoms with van der Waals surface area (Å²) in [7, 11) is 5.16. The zero-order valence-electron chi connectivity index (χ0n) is 20.9. The molecule has 4 aromatic rings. The van der Waals surface area contributed by atoms with Gasteiger partial charge in [-0.05, 0) is 57.1 Å². The molecule has 0 unspecified atom stereocenters. The Labute approximate surface area is 216 Å². The van der Waals surface area contributed by atoms with Gasteiger partial charge in [0.25, 0.3) is 0 Å². The monoisotopic (exact) mass is 506 g/mol. The van der Waals surface area contributed by atoms with Crippen molar-refractivity contribution in [2.45, 2.75) is 19.3 Å². The zero-order valence-corrected chi connectivity index (χ0v) is 21.7. The molecule has 36 heavy (non-hydrogen) atoms. The molecule has 1 fully saturated rings. The highest BCUT2D eigenvalue weighted by atomic mass is 35.5. The molecule has 8 nitrogen and oxygen atoms in total. The fourth-order valence-electron chi connectivity index (χ4n) is 4.73. The molecule has 3 heterocycles. The van der Waals surface area contributed by atoms with Crippen molar-refractivity contribution in [2.24, 2.45) is 7.05 Å². The van der Waals surface area contributed by atoms with E-state index in [1.165, 1.54) is 25.9 Å². The third-order valence-corrected chi connectivity index (χ3v) is 7.01. The number of anilines is 2. The molecule has 5 rings (SSSR count). The van der Waals surface area contributed by atoms with Gasteiger partial charge in [-0.3, -0.25) is 9.67 Å². The molecule has 1 saturated heterocycles. The SMILES string of the molecule is COc1cc(OC)c(Cl)c(N(CCCN2CCCC2)c2ccc3ncc(-c4cnn(C)c4)nc3c2)c1. The van der Waals surface area contributed by atoms with E-state index < -0.39 is 0 Å². The molecule has 0 aliphatic carbocycles. The van der Waals surface area contributed by atoms with Crippen LogP contribution in [0.15, 0.2) is 48.9 Å². The molecular weight excluding hydrogens is 476 g/mol. The minimum atomic E-state index is 0.551. The van der Waals surface area contributed by atoms with Crippen molar-refractivity contribution < 1.29 is 9.47 Å². The van der Waals surface area contributed by atoms with Gasteiger partial charge >= 0.3 is 0 Å². The Kier molecular flexibility index (Phi) is 7.25. The number of halogens is 1. The zero-order chi connectivity index (χ0) is 25.1. The Bertz CT molecular complexity index is 1350. The van der Waals surface area contributed by atoms with E-state index in [4.69, 9.17) is 26.1 Å². The Morgan fingerprint density at radius 3 is 2.58 bits per heavy atom. The average molecular weight is 507 g/mol. The number of hydrogen-bond acceptors (Lipinski definition) is 7. The number of hydrogen-bond donors (Lipinski definition) is 0. The first-order valence-electron chi connectivity index (χ1n) is 12.2. The lowest BCUT2D eigenvalue weighted by Crippen LogP contribution is -2.26. The molecule has 0 radical (unpaired) electrons. The molecule has 0 amide bonds. The van der Waals surface area contributed by atoms with Crippen LogP contribution in [0.3, 0.4) is 0 Å². The lowest BCUT2D eigenvalue weighted by atomic mass is 10.1. The third kappa shape index (κ3) is 5.10. The lowest BCUT2D eigenvalue weighted by molar-refractivity contribution is 0.336. The minimum absolute atomic E-state index is 0.551. The summed E-state index contributed by atoms with van der Waals surface area (Å²) in [4.78, 5) is 14.3. The van der Waals surface area contributed by atoms with Crippen molar-refractivity contribution in [1.29, 1.82) is 0 Å². The first kappa shape index (κ1) is 24.3. The fourth-order valence-corrected chi connectivity index (χ4v) is 5.02. The topological polar surface area (TPSA) is 68.5 Å². The van der Waals surface area contributed by atoms with Crippen molar-refractivity contribution in [3.63, 3.8) is 0 Å². The average Bonchev–Trinajstić information content (AvgIpc) is 3.58. The summed E-state index contributed by atoms with van der Waals surface area (Å²) in [6.45, 7) is 4.19. The number of aryl methyl sites for hydroxylation is 1. The standard InChI is InChI=1S/C27H31ClN6O2/c1-32-18-19(16-30-32)24-17-29-22-8-7-20(13-23(22)31-24)34(12-6-11-33-9-4-5-10-33)25-14-21(35-2)15-26(36-3)27(25)28/h7-8,13-18H,4-6,9-12H2,1-3H3. The highest BCUT2D eigenvalue weighted by Crippen LogP contribution is 2.42. The van der Waals surface area contributed by atoms with E-state index >= 15 is 0 Å². The Hall–Kier alpha value is -3.36. The summed E-state index contributed by atoms with van der Waals surface area (Å²) in [6, 6.07) is 9.91. The number of rotatable bonds is 9.